The third-order valence-electron chi connectivity index (χ3n) is 4.68. The number of nitrogens with two attached hydrogens (primary N) is 1. The van der Waals surface area contributed by atoms with Crippen molar-refractivity contribution in [3.05, 3.63) is 35.9 Å². The van der Waals surface area contributed by atoms with Crippen molar-refractivity contribution in [3.63, 3.8) is 0 Å². The van der Waals surface area contributed by atoms with Crippen LogP contribution in [0.25, 0.3) is 16.5 Å². The lowest BCUT2D eigenvalue weighted by atomic mass is 10.0. The maximum atomic E-state index is 6.02. The van der Waals surface area contributed by atoms with Crippen LogP contribution in [0, 0.1) is 5.92 Å². The van der Waals surface area contributed by atoms with E-state index in [0.717, 1.165) is 54.9 Å². The summed E-state index contributed by atoms with van der Waals surface area (Å²) >= 11 is 0. The molecule has 24 heavy (non-hydrogen) atoms. The van der Waals surface area contributed by atoms with Crippen LogP contribution >= 0.6 is 0 Å². The van der Waals surface area contributed by atoms with Crippen molar-refractivity contribution in [1.29, 1.82) is 0 Å². The molecule has 3 N–H and O–H groups in total. The summed E-state index contributed by atoms with van der Waals surface area (Å²) in [5.41, 5.74) is 10.4. The van der Waals surface area contributed by atoms with E-state index in [2.05, 4.69) is 39.6 Å². The van der Waals surface area contributed by atoms with E-state index in [1.54, 1.807) is 0 Å². The fourth-order valence-electron chi connectivity index (χ4n) is 3.35. The summed E-state index contributed by atoms with van der Waals surface area (Å²) in [5, 5.41) is 4.65. The molecule has 2 aliphatic heterocycles. The highest BCUT2D eigenvalue weighted by Gasteiger charge is 2.15. The van der Waals surface area contributed by atoms with Crippen molar-refractivity contribution in [1.82, 2.24) is 4.98 Å². The standard InChI is InChI=1S/C19H22N4O/c20-19-9-17(22-10-13-2-1-7-24-12-13)16-4-3-14(8-18(16)23-19)15-5-6-21-11-15/h3-6,8-9,13H,1-2,7,10-12H2,(H3,20,22,23)/t13-/m0/s1. The Hall–Kier alpha value is -2.40. The number of rotatable bonds is 4. The number of nitrogens with zero attached hydrogens (tertiary/aromatic N) is 2. The van der Waals surface area contributed by atoms with E-state index in [0.29, 0.717) is 11.7 Å². The summed E-state index contributed by atoms with van der Waals surface area (Å²) in [6.07, 6.45) is 6.26. The number of aromatic nitrogens is 1. The first kappa shape index (κ1) is 15.1. The van der Waals surface area contributed by atoms with Crippen molar-refractivity contribution in [3.8, 4) is 0 Å². The smallest absolute Gasteiger partial charge is 0.126 e. The quantitative estimate of drug-likeness (QED) is 0.907. The fraction of sp³-hybridized carbons (Fsp3) is 0.368. The van der Waals surface area contributed by atoms with Crippen LogP contribution in [0.2, 0.25) is 0 Å². The van der Waals surface area contributed by atoms with Gasteiger partial charge in [-0.2, -0.15) is 0 Å². The minimum Gasteiger partial charge on any atom is -0.384 e. The number of hydrogen-bond donors (Lipinski definition) is 2. The molecule has 1 atom stereocenters. The maximum Gasteiger partial charge on any atom is 0.126 e. The first-order valence-electron chi connectivity index (χ1n) is 8.51. The highest BCUT2D eigenvalue weighted by atomic mass is 16.5. The number of ether oxygens (including phenoxy) is 1. The van der Waals surface area contributed by atoms with Crippen LogP contribution in [-0.2, 0) is 4.74 Å². The lowest BCUT2D eigenvalue weighted by Crippen LogP contribution is -2.24. The van der Waals surface area contributed by atoms with Gasteiger partial charge < -0.3 is 15.8 Å². The van der Waals surface area contributed by atoms with E-state index in [4.69, 9.17) is 10.5 Å². The van der Waals surface area contributed by atoms with E-state index < -0.39 is 0 Å². The van der Waals surface area contributed by atoms with Crippen LogP contribution in [0.4, 0.5) is 11.5 Å². The molecule has 0 bridgehead atoms. The monoisotopic (exact) mass is 322 g/mol. The van der Waals surface area contributed by atoms with Crippen LogP contribution in [-0.4, -0.2) is 37.5 Å². The molecule has 5 heteroatoms. The second-order valence-corrected chi connectivity index (χ2v) is 6.47. The number of benzene rings is 1. The summed E-state index contributed by atoms with van der Waals surface area (Å²) < 4.78 is 5.56. The van der Waals surface area contributed by atoms with Gasteiger partial charge in [0.2, 0.25) is 0 Å². The van der Waals surface area contributed by atoms with Crippen molar-refractivity contribution in [2.24, 2.45) is 10.9 Å². The lowest BCUT2D eigenvalue weighted by molar-refractivity contribution is 0.0595. The zero-order valence-electron chi connectivity index (χ0n) is 13.7. The molecule has 0 spiro atoms. The first-order valence-corrected chi connectivity index (χ1v) is 8.51. The first-order chi connectivity index (χ1) is 11.8. The molecule has 1 saturated heterocycles. The van der Waals surface area contributed by atoms with Gasteiger partial charge in [-0.25, -0.2) is 4.98 Å². The van der Waals surface area contributed by atoms with Crippen LogP contribution in [0.1, 0.15) is 18.4 Å². The molecule has 1 fully saturated rings. The number of pyridine rings is 1. The Morgan fingerprint density at radius 2 is 2.25 bits per heavy atom. The van der Waals surface area contributed by atoms with Crippen molar-refractivity contribution >= 4 is 34.2 Å². The second-order valence-electron chi connectivity index (χ2n) is 6.47. The van der Waals surface area contributed by atoms with Crippen LogP contribution in [0.5, 0.6) is 0 Å². The summed E-state index contributed by atoms with van der Waals surface area (Å²) in [7, 11) is 0. The predicted molar refractivity (Wildman–Crippen MR) is 99.5 cm³/mol. The molecular weight excluding hydrogens is 300 g/mol. The molecule has 0 unspecified atom stereocenters. The van der Waals surface area contributed by atoms with E-state index >= 15 is 0 Å². The highest BCUT2D eigenvalue weighted by molar-refractivity contribution is 5.96. The van der Waals surface area contributed by atoms with Crippen LogP contribution < -0.4 is 11.1 Å². The highest BCUT2D eigenvalue weighted by Crippen LogP contribution is 2.28. The number of anilines is 2. The molecule has 1 aromatic heterocycles. The average Bonchev–Trinajstić information content (AvgIpc) is 3.14. The van der Waals surface area contributed by atoms with Gasteiger partial charge in [0, 0.05) is 36.5 Å². The summed E-state index contributed by atoms with van der Waals surface area (Å²) in [6.45, 7) is 3.37. The number of nitrogen functional groups attached to an aromatic ring is 1. The van der Waals surface area contributed by atoms with Crippen molar-refractivity contribution in [2.75, 3.05) is 37.4 Å². The van der Waals surface area contributed by atoms with E-state index in [-0.39, 0.29) is 0 Å². The van der Waals surface area contributed by atoms with Crippen molar-refractivity contribution in [2.45, 2.75) is 12.8 Å². The van der Waals surface area contributed by atoms with Gasteiger partial charge in [-0.15, -0.1) is 0 Å². The van der Waals surface area contributed by atoms with Crippen molar-refractivity contribution < 1.29 is 4.74 Å². The van der Waals surface area contributed by atoms with Gasteiger partial charge in [-0.1, -0.05) is 12.1 Å². The van der Waals surface area contributed by atoms with Gasteiger partial charge in [0.05, 0.1) is 18.7 Å². The SMILES string of the molecule is Nc1cc(NC[C@@H]2CCCOC2)c2ccc(C3=CC=NC3)cc2n1. The molecule has 0 radical (unpaired) electrons. The van der Waals surface area contributed by atoms with E-state index in [1.165, 1.54) is 12.0 Å². The Balaban J connectivity index is 1.60. The zero-order chi connectivity index (χ0) is 16.4. The molecule has 0 saturated carbocycles. The molecule has 1 aromatic carbocycles. The molecule has 3 heterocycles. The normalized spacial score (nSPS) is 20.3. The molecule has 4 rings (SSSR count). The van der Waals surface area contributed by atoms with Gasteiger partial charge in [0.1, 0.15) is 5.82 Å². The van der Waals surface area contributed by atoms with Gasteiger partial charge in [0.15, 0.2) is 0 Å². The van der Waals surface area contributed by atoms with Gasteiger partial charge in [-0.05, 0) is 42.0 Å². The third-order valence-corrected chi connectivity index (χ3v) is 4.68. The molecule has 2 aliphatic rings. The molecule has 2 aromatic rings. The number of hydrogen-bond acceptors (Lipinski definition) is 5. The number of aliphatic imine (C=N–C) groups is 1. The minimum absolute atomic E-state index is 0.540. The molecule has 0 amide bonds. The molecule has 5 nitrogen and oxygen atoms in total. The molecule has 0 aliphatic carbocycles. The maximum absolute atomic E-state index is 6.02. The average molecular weight is 322 g/mol. The summed E-state index contributed by atoms with van der Waals surface area (Å²) in [6, 6.07) is 8.27. The largest absolute Gasteiger partial charge is 0.384 e. The van der Waals surface area contributed by atoms with Gasteiger partial charge >= 0.3 is 0 Å². The fourth-order valence-corrected chi connectivity index (χ4v) is 3.35. The van der Waals surface area contributed by atoms with E-state index in [9.17, 15) is 0 Å². The van der Waals surface area contributed by atoms with E-state index in [1.807, 2.05) is 12.3 Å². The molecule has 124 valence electrons. The van der Waals surface area contributed by atoms with Gasteiger partial charge in [-0.3, -0.25) is 4.99 Å². The second kappa shape index (κ2) is 6.61. The van der Waals surface area contributed by atoms with Crippen LogP contribution in [0.15, 0.2) is 35.3 Å². The zero-order valence-corrected chi connectivity index (χ0v) is 13.7. The number of nitrogens with one attached hydrogen (secondary N) is 1. The summed E-state index contributed by atoms with van der Waals surface area (Å²) in [4.78, 5) is 8.76. The minimum atomic E-state index is 0.540. The Morgan fingerprint density at radius 1 is 1.29 bits per heavy atom. The molecular formula is C19H22N4O. The Kier molecular flexibility index (Phi) is 4.17. The van der Waals surface area contributed by atoms with Gasteiger partial charge in [0.25, 0.3) is 0 Å². The predicted octanol–water partition coefficient (Wildman–Crippen LogP) is 3.12. The lowest BCUT2D eigenvalue weighted by Gasteiger charge is -2.23. The Bertz CT molecular complexity index is 806. The number of allylic oxidation sites excluding steroid dienone is 1. The summed E-state index contributed by atoms with van der Waals surface area (Å²) in [5.74, 6) is 1.10. The topological polar surface area (TPSA) is 72.5 Å². The third kappa shape index (κ3) is 3.12. The Labute approximate surface area is 141 Å². The Morgan fingerprint density at radius 3 is 3.04 bits per heavy atom. The van der Waals surface area contributed by atoms with Crippen LogP contribution in [0.3, 0.4) is 0 Å². The number of fused-ring (bicyclic) bond motifs is 1.